The van der Waals surface area contributed by atoms with Gasteiger partial charge in [0.2, 0.25) is 0 Å². The van der Waals surface area contributed by atoms with E-state index in [1.807, 2.05) is 0 Å². The minimum Gasteiger partial charge on any atom is -0.457 e. The maximum absolute atomic E-state index is 12.3. The maximum Gasteiger partial charge on any atom is 0.306 e. The van der Waals surface area contributed by atoms with Crippen molar-refractivity contribution in [3.63, 3.8) is 0 Å². The molecule has 0 saturated heterocycles. The van der Waals surface area contributed by atoms with Crippen LogP contribution in [0.25, 0.3) is 10.9 Å². The molecule has 0 aliphatic carbocycles. The molecule has 0 spiro atoms. The highest BCUT2D eigenvalue weighted by molar-refractivity contribution is 6.30. The lowest BCUT2D eigenvalue weighted by atomic mass is 10.1. The number of esters is 1. The highest BCUT2D eigenvalue weighted by Crippen LogP contribution is 2.11. The Hall–Kier alpha value is -2.99. The van der Waals surface area contributed by atoms with Crippen molar-refractivity contribution in [1.29, 1.82) is 0 Å². The van der Waals surface area contributed by atoms with Crippen molar-refractivity contribution in [3.8, 4) is 0 Å². The van der Waals surface area contributed by atoms with Gasteiger partial charge in [-0.3, -0.25) is 19.0 Å². The fourth-order valence-corrected chi connectivity index (χ4v) is 2.76. The van der Waals surface area contributed by atoms with Crippen LogP contribution in [0, 0.1) is 0 Å². The van der Waals surface area contributed by atoms with Crippen LogP contribution in [-0.4, -0.2) is 27.9 Å². The molecule has 0 bridgehead atoms. The second-order valence-corrected chi connectivity index (χ2v) is 6.44. The van der Waals surface area contributed by atoms with Gasteiger partial charge in [0.1, 0.15) is 5.82 Å². The first-order valence-electron chi connectivity index (χ1n) is 8.35. The number of Topliss-reactive ketones (excluding diaryl/α,β-unsaturated/α-hetero) is 1. The molecule has 0 radical (unpaired) electrons. The van der Waals surface area contributed by atoms with E-state index in [9.17, 15) is 14.4 Å². The van der Waals surface area contributed by atoms with E-state index < -0.39 is 5.97 Å². The normalized spacial score (nSPS) is 10.7. The van der Waals surface area contributed by atoms with Crippen molar-refractivity contribution in [2.45, 2.75) is 12.8 Å². The molecule has 0 fully saturated rings. The average molecular weight is 385 g/mol. The molecule has 0 unspecified atom stereocenters. The smallest absolute Gasteiger partial charge is 0.306 e. The van der Waals surface area contributed by atoms with Crippen LogP contribution in [0.15, 0.2) is 53.3 Å². The number of benzene rings is 2. The van der Waals surface area contributed by atoms with E-state index in [4.69, 9.17) is 16.3 Å². The number of carbonyl (C=O) groups is 2. The summed E-state index contributed by atoms with van der Waals surface area (Å²) in [5, 5.41) is 1.05. The first-order valence-corrected chi connectivity index (χ1v) is 8.72. The Morgan fingerprint density at radius 2 is 1.81 bits per heavy atom. The number of hydrogen-bond donors (Lipinski definition) is 0. The van der Waals surface area contributed by atoms with Gasteiger partial charge in [-0.1, -0.05) is 23.7 Å². The Bertz CT molecular complexity index is 1060. The summed E-state index contributed by atoms with van der Waals surface area (Å²) in [4.78, 5) is 40.7. The van der Waals surface area contributed by atoms with Crippen LogP contribution in [0.2, 0.25) is 5.02 Å². The molecule has 3 aromatic rings. The molecule has 0 saturated carbocycles. The van der Waals surface area contributed by atoms with E-state index in [1.54, 1.807) is 55.6 Å². The summed E-state index contributed by atoms with van der Waals surface area (Å²) in [6.07, 6.45) is 0.261. The summed E-state index contributed by atoms with van der Waals surface area (Å²) in [7, 11) is 1.62. The van der Waals surface area contributed by atoms with E-state index in [0.29, 0.717) is 27.3 Å². The minimum absolute atomic E-state index is 0.0204. The number of halogens is 1. The number of rotatable bonds is 6. The SMILES string of the molecule is Cn1c(CCC(=O)OCC(=O)c2ccc(Cl)cc2)nc2ccccc2c1=O. The number of ketones is 1. The molecule has 0 amide bonds. The predicted octanol–water partition coefficient (Wildman–Crippen LogP) is 2.95. The maximum atomic E-state index is 12.3. The standard InChI is InChI=1S/C20H17ClN2O4/c1-23-18(22-16-5-3-2-4-15(16)20(23)26)10-11-19(25)27-12-17(24)13-6-8-14(21)9-7-13/h2-9H,10-12H2,1H3. The summed E-state index contributed by atoms with van der Waals surface area (Å²) < 4.78 is 6.46. The van der Waals surface area contributed by atoms with Gasteiger partial charge in [0.25, 0.3) is 5.56 Å². The highest BCUT2D eigenvalue weighted by Gasteiger charge is 2.13. The van der Waals surface area contributed by atoms with Crippen LogP contribution >= 0.6 is 11.6 Å². The number of aryl methyl sites for hydroxylation is 1. The molecule has 7 heteroatoms. The highest BCUT2D eigenvalue weighted by atomic mass is 35.5. The number of aromatic nitrogens is 2. The van der Waals surface area contributed by atoms with E-state index in [1.165, 1.54) is 4.57 Å². The van der Waals surface area contributed by atoms with Gasteiger partial charge in [0, 0.05) is 24.1 Å². The molecular weight excluding hydrogens is 368 g/mol. The molecule has 1 heterocycles. The summed E-state index contributed by atoms with van der Waals surface area (Å²) in [5.74, 6) is -0.351. The molecule has 0 N–H and O–H groups in total. The quantitative estimate of drug-likeness (QED) is 0.482. The number of para-hydroxylation sites is 1. The second-order valence-electron chi connectivity index (χ2n) is 6.00. The second kappa shape index (κ2) is 8.14. The predicted molar refractivity (Wildman–Crippen MR) is 102 cm³/mol. The molecule has 0 atom stereocenters. The molecular formula is C20H17ClN2O4. The lowest BCUT2D eigenvalue weighted by molar-refractivity contribution is -0.142. The van der Waals surface area contributed by atoms with Crippen molar-refractivity contribution >= 4 is 34.3 Å². The molecule has 1 aromatic heterocycles. The van der Waals surface area contributed by atoms with Crippen molar-refractivity contribution < 1.29 is 14.3 Å². The van der Waals surface area contributed by atoms with Gasteiger partial charge in [0.05, 0.1) is 17.3 Å². The molecule has 6 nitrogen and oxygen atoms in total. The number of hydrogen-bond acceptors (Lipinski definition) is 5. The average Bonchev–Trinajstić information content (AvgIpc) is 2.68. The van der Waals surface area contributed by atoms with Crippen molar-refractivity contribution in [2.24, 2.45) is 7.05 Å². The fraction of sp³-hybridized carbons (Fsp3) is 0.200. The van der Waals surface area contributed by atoms with Gasteiger partial charge in [-0.05, 0) is 36.4 Å². The van der Waals surface area contributed by atoms with Crippen molar-refractivity contribution in [2.75, 3.05) is 6.61 Å². The first-order chi connectivity index (χ1) is 13.0. The Morgan fingerprint density at radius 1 is 1.11 bits per heavy atom. The lowest BCUT2D eigenvalue weighted by Gasteiger charge is -2.09. The van der Waals surface area contributed by atoms with Gasteiger partial charge < -0.3 is 4.74 Å². The zero-order valence-electron chi connectivity index (χ0n) is 14.6. The van der Waals surface area contributed by atoms with Crippen LogP contribution in [0.1, 0.15) is 22.6 Å². The van der Waals surface area contributed by atoms with Gasteiger partial charge in [0.15, 0.2) is 12.4 Å². The lowest BCUT2D eigenvalue weighted by Crippen LogP contribution is -2.23. The Labute approximate surface area is 160 Å². The Balaban J connectivity index is 1.60. The van der Waals surface area contributed by atoms with Crippen LogP contribution in [-0.2, 0) is 23.0 Å². The summed E-state index contributed by atoms with van der Waals surface area (Å²) in [6.45, 7) is -0.343. The van der Waals surface area contributed by atoms with Gasteiger partial charge in [-0.15, -0.1) is 0 Å². The zero-order chi connectivity index (χ0) is 19.4. The summed E-state index contributed by atoms with van der Waals surface area (Å²) in [6, 6.07) is 13.4. The van der Waals surface area contributed by atoms with E-state index in [2.05, 4.69) is 4.98 Å². The van der Waals surface area contributed by atoms with E-state index >= 15 is 0 Å². The molecule has 27 heavy (non-hydrogen) atoms. The van der Waals surface area contributed by atoms with E-state index in [0.717, 1.165) is 0 Å². The topological polar surface area (TPSA) is 78.3 Å². The van der Waals surface area contributed by atoms with Crippen LogP contribution < -0.4 is 5.56 Å². The van der Waals surface area contributed by atoms with Gasteiger partial charge >= 0.3 is 5.97 Å². The number of nitrogens with zero attached hydrogens (tertiary/aromatic N) is 2. The van der Waals surface area contributed by atoms with Crippen LogP contribution in [0.4, 0.5) is 0 Å². The third-order valence-corrected chi connectivity index (χ3v) is 4.41. The number of fused-ring (bicyclic) bond motifs is 1. The largest absolute Gasteiger partial charge is 0.457 e. The fourth-order valence-electron chi connectivity index (χ4n) is 2.64. The Kier molecular flexibility index (Phi) is 5.66. The zero-order valence-corrected chi connectivity index (χ0v) is 15.4. The minimum atomic E-state index is -0.528. The molecule has 3 rings (SSSR count). The van der Waals surface area contributed by atoms with Crippen molar-refractivity contribution in [3.05, 3.63) is 75.3 Å². The molecule has 138 valence electrons. The summed E-state index contributed by atoms with van der Waals surface area (Å²) >= 11 is 5.78. The third kappa shape index (κ3) is 4.41. The number of carbonyl (C=O) groups excluding carboxylic acids is 2. The van der Waals surface area contributed by atoms with Gasteiger partial charge in [-0.25, -0.2) is 4.98 Å². The third-order valence-electron chi connectivity index (χ3n) is 4.16. The monoisotopic (exact) mass is 384 g/mol. The molecule has 0 aliphatic heterocycles. The molecule has 0 aliphatic rings. The molecule has 2 aromatic carbocycles. The van der Waals surface area contributed by atoms with Crippen LogP contribution in [0.3, 0.4) is 0 Å². The number of ether oxygens (including phenoxy) is 1. The summed E-state index contributed by atoms with van der Waals surface area (Å²) in [5.41, 5.74) is 0.842. The van der Waals surface area contributed by atoms with Crippen molar-refractivity contribution in [1.82, 2.24) is 9.55 Å². The van der Waals surface area contributed by atoms with Gasteiger partial charge in [-0.2, -0.15) is 0 Å². The van der Waals surface area contributed by atoms with Crippen LogP contribution in [0.5, 0.6) is 0 Å². The first kappa shape index (κ1) is 18.8. The Morgan fingerprint density at radius 3 is 2.56 bits per heavy atom. The van der Waals surface area contributed by atoms with E-state index in [-0.39, 0.29) is 30.8 Å².